The zero-order valence-electron chi connectivity index (χ0n) is 15.4. The smallest absolute Gasteiger partial charge is 0.253 e. The molecule has 0 bridgehead atoms. The first-order valence-corrected chi connectivity index (χ1v) is 10.5. The van der Waals surface area contributed by atoms with Crippen LogP contribution in [0.25, 0.3) is 0 Å². The van der Waals surface area contributed by atoms with Gasteiger partial charge in [0.15, 0.2) is 5.96 Å². The number of amides is 1. The van der Waals surface area contributed by atoms with Crippen LogP contribution in [0.1, 0.15) is 42.1 Å². The molecule has 1 aliphatic heterocycles. The van der Waals surface area contributed by atoms with E-state index in [0.29, 0.717) is 6.54 Å². The van der Waals surface area contributed by atoms with Crippen LogP contribution in [-0.2, 0) is 6.54 Å². The van der Waals surface area contributed by atoms with Gasteiger partial charge in [0.2, 0.25) is 0 Å². The van der Waals surface area contributed by atoms with E-state index in [-0.39, 0.29) is 5.91 Å². The van der Waals surface area contributed by atoms with Gasteiger partial charge in [0, 0.05) is 37.5 Å². The van der Waals surface area contributed by atoms with Crippen LogP contribution in [0.3, 0.4) is 0 Å². The van der Waals surface area contributed by atoms with E-state index >= 15 is 0 Å². The molecule has 2 rings (SSSR count). The summed E-state index contributed by atoms with van der Waals surface area (Å²) in [6.45, 7) is 6.18. The fourth-order valence-electron chi connectivity index (χ4n) is 2.82. The quantitative estimate of drug-likeness (QED) is 0.445. The highest BCUT2D eigenvalue weighted by Crippen LogP contribution is 2.14. The van der Waals surface area contributed by atoms with E-state index in [9.17, 15) is 4.79 Å². The predicted molar refractivity (Wildman–Crippen MR) is 107 cm³/mol. The third-order valence-electron chi connectivity index (χ3n) is 4.21. The fourth-order valence-corrected chi connectivity index (χ4v) is 3.12. The van der Waals surface area contributed by atoms with Gasteiger partial charge in [-0.1, -0.05) is 12.1 Å². The van der Waals surface area contributed by atoms with Crippen molar-refractivity contribution in [3.63, 3.8) is 0 Å². The minimum Gasteiger partial charge on any atom is -0.357 e. The number of piperidine rings is 1. The van der Waals surface area contributed by atoms with Gasteiger partial charge in [-0.2, -0.15) is 11.8 Å². The van der Waals surface area contributed by atoms with Crippen molar-refractivity contribution < 1.29 is 4.79 Å². The van der Waals surface area contributed by atoms with Gasteiger partial charge in [0.1, 0.15) is 0 Å². The fraction of sp³-hybridized carbons (Fsp3) is 0.579. The lowest BCUT2D eigenvalue weighted by Crippen LogP contribution is -2.38. The highest BCUT2D eigenvalue weighted by atomic mass is 32.2. The third kappa shape index (κ3) is 6.61. The SMILES string of the molecule is CCNC(=NCc1ccc(C(=O)N2CCCCC2)cc1)NCCSC. The maximum Gasteiger partial charge on any atom is 0.253 e. The van der Waals surface area contributed by atoms with Crippen LogP contribution in [0.4, 0.5) is 0 Å². The Kier molecular flexibility index (Phi) is 8.66. The molecule has 25 heavy (non-hydrogen) atoms. The number of likely N-dealkylation sites (tertiary alicyclic amines) is 1. The summed E-state index contributed by atoms with van der Waals surface area (Å²) in [5.74, 6) is 2.05. The number of aliphatic imine (C=N–C) groups is 1. The lowest BCUT2D eigenvalue weighted by molar-refractivity contribution is 0.0724. The number of nitrogens with zero attached hydrogens (tertiary/aromatic N) is 2. The maximum atomic E-state index is 12.5. The van der Waals surface area contributed by atoms with E-state index in [1.165, 1.54) is 6.42 Å². The molecule has 0 unspecified atom stereocenters. The molecule has 138 valence electrons. The molecule has 1 heterocycles. The second-order valence-electron chi connectivity index (χ2n) is 6.16. The van der Waals surface area contributed by atoms with Crippen LogP contribution < -0.4 is 10.6 Å². The third-order valence-corrected chi connectivity index (χ3v) is 4.82. The van der Waals surface area contributed by atoms with Crippen LogP contribution in [0.5, 0.6) is 0 Å². The molecule has 0 radical (unpaired) electrons. The first kappa shape index (κ1) is 19.6. The molecule has 1 amide bonds. The summed E-state index contributed by atoms with van der Waals surface area (Å²) < 4.78 is 0. The Bertz CT molecular complexity index is 553. The zero-order valence-corrected chi connectivity index (χ0v) is 16.2. The standard InChI is InChI=1S/C19H30N4OS/c1-3-20-19(21-11-14-25-2)22-15-16-7-9-17(10-8-16)18(24)23-12-5-4-6-13-23/h7-10H,3-6,11-15H2,1-2H3,(H2,20,21,22). The second kappa shape index (κ2) is 11.0. The van der Waals surface area contributed by atoms with Crippen molar-refractivity contribution in [3.8, 4) is 0 Å². The molecule has 1 fully saturated rings. The maximum absolute atomic E-state index is 12.5. The number of nitrogens with one attached hydrogen (secondary N) is 2. The van der Waals surface area contributed by atoms with E-state index in [0.717, 1.165) is 61.9 Å². The number of carbonyl (C=O) groups excluding carboxylic acids is 1. The number of carbonyl (C=O) groups is 1. The number of hydrogen-bond acceptors (Lipinski definition) is 3. The Hall–Kier alpha value is -1.69. The predicted octanol–water partition coefficient (Wildman–Crippen LogP) is 2.73. The number of thioether (sulfide) groups is 1. The number of guanidine groups is 1. The van der Waals surface area contributed by atoms with Crippen LogP contribution in [-0.4, -0.2) is 55.0 Å². The molecule has 0 saturated carbocycles. The van der Waals surface area contributed by atoms with Crippen molar-refractivity contribution in [2.75, 3.05) is 38.2 Å². The van der Waals surface area contributed by atoms with E-state index in [1.54, 1.807) is 0 Å². The van der Waals surface area contributed by atoms with Gasteiger partial charge in [-0.05, 0) is 50.1 Å². The van der Waals surface area contributed by atoms with Crippen LogP contribution in [0.15, 0.2) is 29.3 Å². The molecule has 0 spiro atoms. The van der Waals surface area contributed by atoms with Crippen LogP contribution >= 0.6 is 11.8 Å². The molecule has 1 aromatic rings. The Labute approximate surface area is 155 Å². The van der Waals surface area contributed by atoms with E-state index in [2.05, 4.69) is 28.8 Å². The second-order valence-corrected chi connectivity index (χ2v) is 7.15. The molecule has 0 atom stereocenters. The van der Waals surface area contributed by atoms with Crippen molar-refractivity contribution in [2.24, 2.45) is 4.99 Å². The van der Waals surface area contributed by atoms with E-state index < -0.39 is 0 Å². The first-order valence-electron chi connectivity index (χ1n) is 9.14. The monoisotopic (exact) mass is 362 g/mol. The van der Waals surface area contributed by atoms with Gasteiger partial charge < -0.3 is 15.5 Å². The van der Waals surface area contributed by atoms with Gasteiger partial charge >= 0.3 is 0 Å². The summed E-state index contributed by atoms with van der Waals surface area (Å²) >= 11 is 1.81. The van der Waals surface area contributed by atoms with Crippen molar-refractivity contribution in [1.82, 2.24) is 15.5 Å². The molecule has 6 heteroatoms. The Morgan fingerprint density at radius 1 is 1.16 bits per heavy atom. The summed E-state index contributed by atoms with van der Waals surface area (Å²) in [5, 5.41) is 6.57. The van der Waals surface area contributed by atoms with Gasteiger partial charge in [0.05, 0.1) is 6.54 Å². The average molecular weight is 363 g/mol. The zero-order chi connectivity index (χ0) is 17.9. The Morgan fingerprint density at radius 3 is 2.52 bits per heavy atom. The molecule has 5 nitrogen and oxygen atoms in total. The molecular weight excluding hydrogens is 332 g/mol. The highest BCUT2D eigenvalue weighted by Gasteiger charge is 2.17. The lowest BCUT2D eigenvalue weighted by Gasteiger charge is -2.26. The van der Waals surface area contributed by atoms with Crippen molar-refractivity contribution >= 4 is 23.6 Å². The molecule has 0 aliphatic carbocycles. The summed E-state index contributed by atoms with van der Waals surface area (Å²) in [7, 11) is 0. The van der Waals surface area contributed by atoms with Crippen molar-refractivity contribution in [2.45, 2.75) is 32.7 Å². The molecule has 2 N–H and O–H groups in total. The normalized spacial score (nSPS) is 15.1. The summed E-state index contributed by atoms with van der Waals surface area (Å²) in [6, 6.07) is 7.87. The Morgan fingerprint density at radius 2 is 1.88 bits per heavy atom. The molecule has 0 aromatic heterocycles. The summed E-state index contributed by atoms with van der Waals surface area (Å²) in [4.78, 5) is 19.1. The topological polar surface area (TPSA) is 56.7 Å². The van der Waals surface area contributed by atoms with Gasteiger partial charge in [0.25, 0.3) is 5.91 Å². The minimum atomic E-state index is 0.154. The number of rotatable bonds is 7. The molecule has 1 aromatic carbocycles. The summed E-state index contributed by atoms with van der Waals surface area (Å²) in [5.41, 5.74) is 1.89. The van der Waals surface area contributed by atoms with Crippen molar-refractivity contribution in [1.29, 1.82) is 0 Å². The van der Waals surface area contributed by atoms with Gasteiger partial charge in [-0.15, -0.1) is 0 Å². The van der Waals surface area contributed by atoms with Crippen LogP contribution in [0.2, 0.25) is 0 Å². The largest absolute Gasteiger partial charge is 0.357 e. The lowest BCUT2D eigenvalue weighted by atomic mass is 10.1. The minimum absolute atomic E-state index is 0.154. The molecule has 1 saturated heterocycles. The van der Waals surface area contributed by atoms with Gasteiger partial charge in [-0.25, -0.2) is 4.99 Å². The highest BCUT2D eigenvalue weighted by molar-refractivity contribution is 7.98. The first-order chi connectivity index (χ1) is 12.2. The average Bonchev–Trinajstić information content (AvgIpc) is 2.67. The number of hydrogen-bond donors (Lipinski definition) is 2. The van der Waals surface area contributed by atoms with Crippen LogP contribution in [0, 0.1) is 0 Å². The van der Waals surface area contributed by atoms with Gasteiger partial charge in [-0.3, -0.25) is 4.79 Å². The van der Waals surface area contributed by atoms with Crippen molar-refractivity contribution in [3.05, 3.63) is 35.4 Å². The number of benzene rings is 1. The molecular formula is C19H30N4OS. The Balaban J connectivity index is 1.91. The van der Waals surface area contributed by atoms with E-state index in [1.807, 2.05) is 40.9 Å². The van der Waals surface area contributed by atoms with E-state index in [4.69, 9.17) is 0 Å². The molecule has 1 aliphatic rings. The summed E-state index contributed by atoms with van der Waals surface area (Å²) in [6.07, 6.45) is 5.57.